The molecule has 40 heavy (non-hydrogen) atoms. The molecule has 1 aromatic rings. The molecule has 0 aliphatic carbocycles. The number of piperidine rings is 1. The number of aliphatic hydroxyl groups is 17. The molecule has 0 radical (unpaired) electrons. The van der Waals surface area contributed by atoms with Crippen LogP contribution in [0.3, 0.4) is 0 Å². The van der Waals surface area contributed by atoms with Crippen LogP contribution in [0.1, 0.15) is 17.2 Å². The second kappa shape index (κ2) is 8.88. The maximum Gasteiger partial charge on any atom is 0.453 e. The molecule has 0 bridgehead atoms. The summed E-state index contributed by atoms with van der Waals surface area (Å²) >= 11 is 0. The van der Waals surface area contributed by atoms with E-state index in [9.17, 15) is 76.3 Å². The summed E-state index contributed by atoms with van der Waals surface area (Å²) < 4.78 is 9.40. The number of methoxy groups -OCH3 is 1. The smallest absolute Gasteiger partial charge is 0.453 e. The maximum atomic E-state index is 13.2. The van der Waals surface area contributed by atoms with Crippen molar-refractivity contribution in [1.82, 2.24) is 4.90 Å². The van der Waals surface area contributed by atoms with Gasteiger partial charge in [-0.3, -0.25) is 4.79 Å². The molecule has 2 aliphatic rings. The van der Waals surface area contributed by atoms with Gasteiger partial charge in [-0.1, -0.05) is 0 Å². The molecule has 0 spiro atoms. The third-order valence-electron chi connectivity index (χ3n) is 6.81. The van der Waals surface area contributed by atoms with E-state index in [4.69, 9.17) is 20.1 Å². The topological polar surface area (TPSA) is 383 Å². The van der Waals surface area contributed by atoms with Crippen LogP contribution in [0.4, 0.5) is 0 Å². The second-order valence-corrected chi connectivity index (χ2v) is 9.28. The van der Waals surface area contributed by atoms with Crippen LogP contribution in [0.2, 0.25) is 0 Å². The number of fused-ring (bicyclic) bond motifs is 3. The molecule has 21 nitrogen and oxygen atoms in total. The van der Waals surface area contributed by atoms with E-state index in [0.29, 0.717) is 0 Å². The summed E-state index contributed by atoms with van der Waals surface area (Å²) in [4.78, 5) is 13.2. The van der Waals surface area contributed by atoms with Crippen LogP contribution in [0.5, 0.6) is 11.5 Å². The third kappa shape index (κ3) is 4.09. The van der Waals surface area contributed by atoms with Gasteiger partial charge in [-0.15, -0.1) is 0 Å². The molecular weight excluding hydrogens is 562 g/mol. The Hall–Kier alpha value is -2.23. The molecule has 1 aromatic carbocycles. The van der Waals surface area contributed by atoms with Gasteiger partial charge >= 0.3 is 18.1 Å². The van der Waals surface area contributed by atoms with Crippen LogP contribution in [-0.4, -0.2) is 158 Å². The number of carbonyl (C=O) groups excluding carboxylic acids is 1. The molecule has 0 aromatic heterocycles. The summed E-state index contributed by atoms with van der Waals surface area (Å²) in [7, 11) is 0.962. The molecule has 21 heteroatoms. The van der Waals surface area contributed by atoms with E-state index in [1.54, 1.807) is 0 Å². The molecule has 228 valence electrons. The molecule has 3 rings (SSSR count). The third-order valence-corrected chi connectivity index (χ3v) is 6.81. The van der Waals surface area contributed by atoms with Gasteiger partial charge in [0.25, 0.3) is 22.9 Å². The normalized spacial score (nSPS) is 25.8. The van der Waals surface area contributed by atoms with Crippen LogP contribution >= 0.6 is 0 Å². The van der Waals surface area contributed by atoms with Crippen molar-refractivity contribution in [1.29, 1.82) is 0 Å². The lowest BCUT2D eigenvalue weighted by Gasteiger charge is -2.62. The number of nitrogens with zero attached hydrogens (tertiary/aromatic N) is 1. The standard InChI is InChI=1S/C19H27NO20/c1-39-8-5-7-6(4-9(8)40-19(36,37)38)2-3-20-10(7)12(22,23)11(21)13(24,16(20,28)29)15(26,27)14(25,17(30,31)32)18(33,34)35/h4-5,10,22-38H,2-3H2,1H3. The zero-order valence-corrected chi connectivity index (χ0v) is 19.9. The first-order valence-electron chi connectivity index (χ1n) is 10.7. The van der Waals surface area contributed by atoms with Crippen LogP contribution in [0.15, 0.2) is 12.1 Å². The zero-order chi connectivity index (χ0) is 31.3. The molecule has 2 unspecified atom stereocenters. The van der Waals surface area contributed by atoms with Gasteiger partial charge in [-0.05, 0) is 29.7 Å². The summed E-state index contributed by atoms with van der Waals surface area (Å²) in [5.74, 6) is -29.2. The van der Waals surface area contributed by atoms with Crippen LogP contribution in [0.25, 0.3) is 0 Å². The minimum atomic E-state index is -5.62. The molecule has 2 aliphatic heterocycles. The number of ketones is 1. The van der Waals surface area contributed by atoms with E-state index in [2.05, 4.69) is 4.74 Å². The first-order chi connectivity index (χ1) is 17.6. The van der Waals surface area contributed by atoms with Gasteiger partial charge < -0.3 is 96.3 Å². The highest BCUT2D eigenvalue weighted by Gasteiger charge is 2.88. The maximum absolute atomic E-state index is 13.2. The molecule has 2 heterocycles. The van der Waals surface area contributed by atoms with Crippen molar-refractivity contribution in [3.63, 3.8) is 0 Å². The number of ether oxygens (including phenoxy) is 2. The first-order valence-corrected chi connectivity index (χ1v) is 10.7. The molecular formula is C19H27NO20. The van der Waals surface area contributed by atoms with Gasteiger partial charge in [0.1, 0.15) is 6.04 Å². The number of benzene rings is 1. The van der Waals surface area contributed by atoms with Gasteiger partial charge in [-0.2, -0.15) is 0 Å². The van der Waals surface area contributed by atoms with Crippen molar-refractivity contribution in [2.75, 3.05) is 13.7 Å². The van der Waals surface area contributed by atoms with Gasteiger partial charge in [0.05, 0.1) is 7.11 Å². The van der Waals surface area contributed by atoms with Gasteiger partial charge in [-0.25, -0.2) is 4.90 Å². The van der Waals surface area contributed by atoms with Crippen molar-refractivity contribution in [2.45, 2.75) is 59.3 Å². The number of rotatable bonds is 7. The Morgan fingerprint density at radius 1 is 0.825 bits per heavy atom. The Bertz CT molecular complexity index is 1160. The highest BCUT2D eigenvalue weighted by atomic mass is 16.9. The summed E-state index contributed by atoms with van der Waals surface area (Å²) in [6, 6.07) is -0.779. The van der Waals surface area contributed by atoms with Crippen molar-refractivity contribution in [3.05, 3.63) is 23.3 Å². The SMILES string of the molecule is COc1cc2c(cc1OC(O)(O)O)CCN1C2C(O)(O)C(=O)C(O)(C(O)(O)C(O)(C(O)(O)O)C(O)(O)O)C1(O)O. The number of hydrogen-bond donors (Lipinski definition) is 17. The highest BCUT2D eigenvalue weighted by molar-refractivity contribution is 5.97. The minimum absolute atomic E-state index is 0.0473. The van der Waals surface area contributed by atoms with Crippen molar-refractivity contribution < 1.29 is 101 Å². The van der Waals surface area contributed by atoms with Crippen molar-refractivity contribution >= 4 is 5.78 Å². The fourth-order valence-electron chi connectivity index (χ4n) is 4.88. The summed E-state index contributed by atoms with van der Waals surface area (Å²) in [6.07, 6.45) is -4.25. The monoisotopic (exact) mass is 589 g/mol. The molecule has 17 N–H and O–H groups in total. The summed E-state index contributed by atoms with van der Waals surface area (Å²) in [5.41, 5.74) is -11.4. The van der Waals surface area contributed by atoms with E-state index in [1.165, 1.54) is 0 Å². The van der Waals surface area contributed by atoms with Crippen LogP contribution in [-0.2, 0) is 11.2 Å². The minimum Gasteiger partial charge on any atom is -0.493 e. The van der Waals surface area contributed by atoms with E-state index >= 15 is 0 Å². The number of hydrogen-bond acceptors (Lipinski definition) is 21. The number of carbonyl (C=O) groups is 1. The Morgan fingerprint density at radius 3 is 1.75 bits per heavy atom. The van der Waals surface area contributed by atoms with Crippen molar-refractivity contribution in [2.24, 2.45) is 0 Å². The van der Waals surface area contributed by atoms with Gasteiger partial charge in [0.2, 0.25) is 11.6 Å². The Balaban J connectivity index is 2.30. The second-order valence-electron chi connectivity index (χ2n) is 9.28. The van der Waals surface area contributed by atoms with Gasteiger partial charge in [0.15, 0.2) is 11.5 Å². The lowest BCUT2D eigenvalue weighted by Crippen LogP contribution is -2.93. The predicted molar refractivity (Wildman–Crippen MR) is 111 cm³/mol. The largest absolute Gasteiger partial charge is 0.493 e. The van der Waals surface area contributed by atoms with Crippen LogP contribution in [0, 0.1) is 0 Å². The van der Waals surface area contributed by atoms with Crippen molar-refractivity contribution in [3.8, 4) is 11.5 Å². The van der Waals surface area contributed by atoms with E-state index < -0.39 is 88.6 Å². The van der Waals surface area contributed by atoms with Gasteiger partial charge in [0, 0.05) is 6.54 Å². The molecule has 1 fully saturated rings. The molecule has 1 saturated heterocycles. The fraction of sp³-hybridized carbons (Fsp3) is 0.632. The average molecular weight is 589 g/mol. The zero-order valence-electron chi connectivity index (χ0n) is 19.9. The molecule has 2 atom stereocenters. The quantitative estimate of drug-likeness (QED) is 0.131. The summed E-state index contributed by atoms with van der Waals surface area (Å²) in [5, 5.41) is 170. The lowest BCUT2D eigenvalue weighted by molar-refractivity contribution is -0.567. The predicted octanol–water partition coefficient (Wildman–Crippen LogP) is -10.1. The Labute approximate surface area is 220 Å². The highest BCUT2D eigenvalue weighted by Crippen LogP contribution is 2.56. The van der Waals surface area contributed by atoms with E-state index in [0.717, 1.165) is 19.2 Å². The molecule has 0 amide bonds. The van der Waals surface area contributed by atoms with Crippen LogP contribution < -0.4 is 9.47 Å². The first kappa shape index (κ1) is 32.3. The lowest BCUT2D eigenvalue weighted by atomic mass is 9.65. The number of Topliss-reactive ketones (excluding diaryl/α,β-unsaturated/α-hetero) is 1. The Morgan fingerprint density at radius 2 is 1.32 bits per heavy atom. The Kier molecular flexibility index (Phi) is 7.17. The average Bonchev–Trinajstić information content (AvgIpc) is 2.77. The van der Waals surface area contributed by atoms with E-state index in [1.807, 2.05) is 0 Å². The molecule has 0 saturated carbocycles. The van der Waals surface area contributed by atoms with E-state index in [-0.39, 0.29) is 10.5 Å². The summed E-state index contributed by atoms with van der Waals surface area (Å²) in [6.45, 7) is -0.947. The fourth-order valence-corrected chi connectivity index (χ4v) is 4.88.